The minimum Gasteiger partial charge on any atom is -0.315 e. The molecule has 120 valence electrons. The summed E-state index contributed by atoms with van der Waals surface area (Å²) in [5.74, 6) is 0.700. The zero-order valence-electron chi connectivity index (χ0n) is 15.4. The first-order chi connectivity index (χ1) is 8.97. The fourth-order valence-corrected chi connectivity index (χ4v) is 1.72. The van der Waals surface area contributed by atoms with Crippen molar-refractivity contribution in [2.75, 3.05) is 47.8 Å². The van der Waals surface area contributed by atoms with Crippen molar-refractivity contribution in [3.05, 3.63) is 0 Å². The smallest absolute Gasteiger partial charge is 0.0214 e. The normalized spacial score (nSPS) is 11.8. The Morgan fingerprint density at radius 3 is 1.68 bits per heavy atom. The van der Waals surface area contributed by atoms with Gasteiger partial charge in [-0.2, -0.15) is 0 Å². The Bertz CT molecular complexity index is 147. The van der Waals surface area contributed by atoms with Crippen molar-refractivity contribution in [2.24, 2.45) is 5.92 Å². The molecule has 0 aromatic carbocycles. The van der Waals surface area contributed by atoms with Crippen LogP contribution >= 0.6 is 0 Å². The zero-order chi connectivity index (χ0) is 15.8. The van der Waals surface area contributed by atoms with Gasteiger partial charge in [0.25, 0.3) is 0 Å². The van der Waals surface area contributed by atoms with Gasteiger partial charge in [-0.05, 0) is 53.6 Å². The molecule has 1 N–H and O–H groups in total. The van der Waals surface area contributed by atoms with Crippen LogP contribution in [0.1, 0.15) is 48.0 Å². The van der Waals surface area contributed by atoms with E-state index in [0.717, 1.165) is 6.54 Å². The average molecular weight is 276 g/mol. The second kappa shape index (κ2) is 17.9. The van der Waals surface area contributed by atoms with Crippen molar-refractivity contribution in [3.63, 3.8) is 0 Å². The molecule has 0 rings (SSSR count). The lowest BCUT2D eigenvalue weighted by Crippen LogP contribution is -2.41. The maximum atomic E-state index is 3.38. The lowest BCUT2D eigenvalue weighted by Gasteiger charge is -2.26. The van der Waals surface area contributed by atoms with Crippen molar-refractivity contribution in [1.29, 1.82) is 0 Å². The van der Waals surface area contributed by atoms with Gasteiger partial charge in [0, 0.05) is 12.6 Å². The minimum absolute atomic E-state index is 0.606. The van der Waals surface area contributed by atoms with Gasteiger partial charge < -0.3 is 15.1 Å². The molecule has 0 fully saturated rings. The maximum Gasteiger partial charge on any atom is 0.0214 e. The summed E-state index contributed by atoms with van der Waals surface area (Å²) in [5.41, 5.74) is 0. The maximum absolute atomic E-state index is 3.38. The van der Waals surface area contributed by atoms with Crippen LogP contribution in [0.25, 0.3) is 0 Å². The quantitative estimate of drug-likeness (QED) is 0.734. The standard InChI is InChI=1S/C12H29N3.2C2H6/c1-11(2)12(13-3)10-15(6)9-7-8-14(4)5;2*1-2/h11-13H,7-10H2,1-6H3;2*1-2H3. The molecule has 0 spiro atoms. The summed E-state index contributed by atoms with van der Waals surface area (Å²) in [6.07, 6.45) is 1.25. The fraction of sp³-hybridized carbons (Fsp3) is 1.00. The van der Waals surface area contributed by atoms with E-state index in [1.807, 2.05) is 27.7 Å². The van der Waals surface area contributed by atoms with Crippen LogP contribution < -0.4 is 5.32 Å². The molecule has 0 heterocycles. The molecular formula is C16H41N3. The van der Waals surface area contributed by atoms with Crippen molar-refractivity contribution in [1.82, 2.24) is 15.1 Å². The molecule has 0 saturated carbocycles. The van der Waals surface area contributed by atoms with Gasteiger partial charge in [0.15, 0.2) is 0 Å². The molecule has 3 nitrogen and oxygen atoms in total. The molecule has 1 atom stereocenters. The Balaban J connectivity index is -0.000000579. The molecule has 0 aromatic rings. The Morgan fingerprint density at radius 1 is 0.895 bits per heavy atom. The lowest BCUT2D eigenvalue weighted by atomic mass is 10.0. The summed E-state index contributed by atoms with van der Waals surface area (Å²) in [5, 5.41) is 3.38. The van der Waals surface area contributed by atoms with E-state index in [1.54, 1.807) is 0 Å². The second-order valence-corrected chi connectivity index (χ2v) is 5.06. The van der Waals surface area contributed by atoms with Gasteiger partial charge in [-0.3, -0.25) is 0 Å². The van der Waals surface area contributed by atoms with E-state index in [-0.39, 0.29) is 0 Å². The zero-order valence-corrected chi connectivity index (χ0v) is 15.4. The van der Waals surface area contributed by atoms with Gasteiger partial charge in [0.05, 0.1) is 0 Å². The molecule has 0 amide bonds. The molecule has 0 bridgehead atoms. The average Bonchev–Trinajstić information content (AvgIpc) is 2.40. The molecule has 0 saturated heterocycles. The molecule has 0 aromatic heterocycles. The molecule has 0 aliphatic carbocycles. The number of hydrogen-bond donors (Lipinski definition) is 1. The van der Waals surface area contributed by atoms with Gasteiger partial charge in [-0.25, -0.2) is 0 Å². The summed E-state index contributed by atoms with van der Waals surface area (Å²) in [7, 11) is 8.52. The molecule has 19 heavy (non-hydrogen) atoms. The van der Waals surface area contributed by atoms with Crippen molar-refractivity contribution < 1.29 is 0 Å². The van der Waals surface area contributed by atoms with Crippen LogP contribution in [0.3, 0.4) is 0 Å². The monoisotopic (exact) mass is 275 g/mol. The highest BCUT2D eigenvalue weighted by Gasteiger charge is 2.12. The van der Waals surface area contributed by atoms with Crippen LogP contribution in [0.15, 0.2) is 0 Å². The van der Waals surface area contributed by atoms with Crippen LogP contribution in [-0.4, -0.2) is 63.7 Å². The van der Waals surface area contributed by atoms with E-state index in [2.05, 4.69) is 57.2 Å². The SMILES string of the molecule is CC.CC.CNC(CN(C)CCCN(C)C)C(C)C. The summed E-state index contributed by atoms with van der Waals surface area (Å²) in [6.45, 7) is 16.0. The topological polar surface area (TPSA) is 18.5 Å². The number of nitrogens with one attached hydrogen (secondary N) is 1. The Hall–Kier alpha value is -0.120. The fourth-order valence-electron chi connectivity index (χ4n) is 1.72. The largest absolute Gasteiger partial charge is 0.315 e. The molecule has 0 aliphatic rings. The van der Waals surface area contributed by atoms with Crippen molar-refractivity contribution in [2.45, 2.75) is 54.0 Å². The first-order valence-corrected chi connectivity index (χ1v) is 7.98. The van der Waals surface area contributed by atoms with Crippen LogP contribution in [0.2, 0.25) is 0 Å². The summed E-state index contributed by atoms with van der Waals surface area (Å²) in [4.78, 5) is 4.66. The predicted octanol–water partition coefficient (Wildman–Crippen LogP) is 3.17. The van der Waals surface area contributed by atoms with Gasteiger partial charge in [0.1, 0.15) is 0 Å². The highest BCUT2D eigenvalue weighted by Crippen LogP contribution is 2.03. The number of rotatable bonds is 8. The highest BCUT2D eigenvalue weighted by molar-refractivity contribution is 4.72. The molecule has 3 heteroatoms. The Kier molecular flexibility index (Phi) is 22.5. The second-order valence-electron chi connectivity index (χ2n) is 5.06. The lowest BCUT2D eigenvalue weighted by molar-refractivity contribution is 0.249. The number of likely N-dealkylation sites (N-methyl/N-ethyl adjacent to an activating group) is 2. The van der Waals surface area contributed by atoms with E-state index in [9.17, 15) is 0 Å². The van der Waals surface area contributed by atoms with Gasteiger partial charge in [-0.1, -0.05) is 41.5 Å². The third-order valence-electron chi connectivity index (χ3n) is 2.83. The molecule has 0 radical (unpaired) electrons. The third kappa shape index (κ3) is 17.9. The summed E-state index contributed by atoms with van der Waals surface area (Å²) < 4.78 is 0. The molecular weight excluding hydrogens is 234 g/mol. The summed E-state index contributed by atoms with van der Waals surface area (Å²) in [6, 6.07) is 0.606. The van der Waals surface area contributed by atoms with Crippen LogP contribution in [0.5, 0.6) is 0 Å². The van der Waals surface area contributed by atoms with E-state index in [0.29, 0.717) is 12.0 Å². The minimum atomic E-state index is 0.606. The Morgan fingerprint density at radius 2 is 1.37 bits per heavy atom. The van der Waals surface area contributed by atoms with E-state index >= 15 is 0 Å². The third-order valence-corrected chi connectivity index (χ3v) is 2.83. The Labute approximate surface area is 123 Å². The van der Waals surface area contributed by atoms with E-state index in [1.165, 1.54) is 19.5 Å². The number of hydrogen-bond acceptors (Lipinski definition) is 3. The molecule has 1 unspecified atom stereocenters. The van der Waals surface area contributed by atoms with E-state index < -0.39 is 0 Å². The van der Waals surface area contributed by atoms with Crippen molar-refractivity contribution in [3.8, 4) is 0 Å². The van der Waals surface area contributed by atoms with Gasteiger partial charge in [-0.15, -0.1) is 0 Å². The molecule has 0 aliphatic heterocycles. The van der Waals surface area contributed by atoms with Crippen LogP contribution in [0, 0.1) is 5.92 Å². The summed E-state index contributed by atoms with van der Waals surface area (Å²) >= 11 is 0. The van der Waals surface area contributed by atoms with Gasteiger partial charge in [0.2, 0.25) is 0 Å². The van der Waals surface area contributed by atoms with Crippen molar-refractivity contribution >= 4 is 0 Å². The van der Waals surface area contributed by atoms with E-state index in [4.69, 9.17) is 0 Å². The first-order valence-electron chi connectivity index (χ1n) is 7.98. The predicted molar refractivity (Wildman–Crippen MR) is 91.0 cm³/mol. The first kappa shape index (κ1) is 23.9. The highest BCUT2D eigenvalue weighted by atomic mass is 15.1. The van der Waals surface area contributed by atoms with Crippen LogP contribution in [-0.2, 0) is 0 Å². The van der Waals surface area contributed by atoms with Gasteiger partial charge >= 0.3 is 0 Å². The van der Waals surface area contributed by atoms with Crippen LogP contribution in [0.4, 0.5) is 0 Å². The number of nitrogens with zero attached hydrogens (tertiary/aromatic N) is 2.